The second-order valence-corrected chi connectivity index (χ2v) is 7.73. The quantitative estimate of drug-likeness (QED) is 0.689. The first-order valence-electron chi connectivity index (χ1n) is 10.2. The minimum absolute atomic E-state index is 0.0903. The third-order valence-electron chi connectivity index (χ3n) is 5.84. The lowest BCUT2D eigenvalue weighted by Crippen LogP contribution is -2.37. The van der Waals surface area contributed by atoms with E-state index in [9.17, 15) is 9.59 Å². The molecule has 29 heavy (non-hydrogen) atoms. The number of fused-ring (bicyclic) bond motifs is 2. The number of aromatic nitrogens is 1. The topological polar surface area (TPSA) is 54.3 Å². The highest BCUT2D eigenvalue weighted by atomic mass is 16.2. The van der Waals surface area contributed by atoms with Gasteiger partial charge in [-0.1, -0.05) is 36.4 Å². The molecule has 0 aliphatic carbocycles. The van der Waals surface area contributed by atoms with Crippen LogP contribution in [-0.2, 0) is 16.1 Å². The van der Waals surface area contributed by atoms with Crippen LogP contribution >= 0.6 is 0 Å². The molecule has 1 saturated heterocycles. The smallest absolute Gasteiger partial charge is 0.256 e. The summed E-state index contributed by atoms with van der Waals surface area (Å²) in [6.07, 6.45) is 7.31. The number of likely N-dealkylation sites (tertiary alicyclic amines) is 1. The van der Waals surface area contributed by atoms with Gasteiger partial charge in [0.25, 0.3) is 5.91 Å². The van der Waals surface area contributed by atoms with Gasteiger partial charge in [0.15, 0.2) is 0 Å². The van der Waals surface area contributed by atoms with Crippen LogP contribution < -0.4 is 5.32 Å². The first-order valence-corrected chi connectivity index (χ1v) is 10.2. The van der Waals surface area contributed by atoms with Crippen LogP contribution in [0.4, 0.5) is 5.69 Å². The summed E-state index contributed by atoms with van der Waals surface area (Å²) in [4.78, 5) is 27.3. The molecule has 2 amide bonds. The van der Waals surface area contributed by atoms with Gasteiger partial charge in [0, 0.05) is 52.6 Å². The number of hydrogen-bond acceptors (Lipinski definition) is 2. The maximum Gasteiger partial charge on any atom is 0.256 e. The minimum atomic E-state index is -0.0903. The zero-order valence-corrected chi connectivity index (χ0v) is 16.2. The minimum Gasteiger partial charge on any atom is -0.341 e. The van der Waals surface area contributed by atoms with Crippen molar-refractivity contribution in [3.63, 3.8) is 0 Å². The van der Waals surface area contributed by atoms with E-state index in [0.29, 0.717) is 12.1 Å². The Morgan fingerprint density at radius 2 is 1.76 bits per heavy atom. The highest BCUT2D eigenvalue weighted by Crippen LogP contribution is 2.34. The maximum absolute atomic E-state index is 12.8. The summed E-state index contributed by atoms with van der Waals surface area (Å²) in [6, 6.07) is 15.8. The van der Waals surface area contributed by atoms with E-state index in [4.69, 9.17) is 0 Å². The Kier molecular flexibility index (Phi) is 4.43. The molecule has 1 N–H and O–H groups in total. The Balaban J connectivity index is 1.53. The molecule has 5 rings (SSSR count). The molecule has 146 valence electrons. The number of anilines is 1. The zero-order chi connectivity index (χ0) is 19.8. The molecule has 0 radical (unpaired) electrons. The number of para-hydroxylation sites is 2. The third-order valence-corrected chi connectivity index (χ3v) is 5.84. The van der Waals surface area contributed by atoms with Gasteiger partial charge in [-0.05, 0) is 37.5 Å². The number of amides is 2. The lowest BCUT2D eigenvalue weighted by molar-refractivity contribution is -0.132. The summed E-state index contributed by atoms with van der Waals surface area (Å²) < 4.78 is 2.01. The molecule has 2 aromatic carbocycles. The molecule has 0 unspecified atom stereocenters. The molecule has 0 atom stereocenters. The number of carbonyl (C=O) groups excluding carboxylic acids is 2. The van der Waals surface area contributed by atoms with Gasteiger partial charge in [-0.25, -0.2) is 0 Å². The number of hydrogen-bond donors (Lipinski definition) is 1. The van der Waals surface area contributed by atoms with E-state index in [1.165, 1.54) is 6.42 Å². The zero-order valence-electron chi connectivity index (χ0n) is 16.2. The predicted octanol–water partition coefficient (Wildman–Crippen LogP) is 4.15. The largest absolute Gasteiger partial charge is 0.341 e. The number of nitrogens with one attached hydrogen (secondary N) is 1. The summed E-state index contributed by atoms with van der Waals surface area (Å²) in [7, 11) is 0. The molecule has 0 bridgehead atoms. The summed E-state index contributed by atoms with van der Waals surface area (Å²) in [5.74, 6) is 0.0704. The first kappa shape index (κ1) is 17.7. The average Bonchev–Trinajstić information content (AvgIpc) is 3.26. The van der Waals surface area contributed by atoms with Crippen molar-refractivity contribution in [1.29, 1.82) is 0 Å². The van der Waals surface area contributed by atoms with Gasteiger partial charge in [0.05, 0.1) is 0 Å². The summed E-state index contributed by atoms with van der Waals surface area (Å²) in [5.41, 5.74) is 4.38. The van der Waals surface area contributed by atoms with Crippen LogP contribution in [0.3, 0.4) is 0 Å². The molecule has 2 aliphatic heterocycles. The number of benzene rings is 2. The van der Waals surface area contributed by atoms with E-state index in [1.54, 1.807) is 0 Å². The third kappa shape index (κ3) is 3.23. The van der Waals surface area contributed by atoms with Crippen molar-refractivity contribution in [1.82, 2.24) is 9.47 Å². The molecule has 0 saturated carbocycles. The maximum atomic E-state index is 12.8. The number of piperidine rings is 1. The van der Waals surface area contributed by atoms with Crippen molar-refractivity contribution in [2.45, 2.75) is 25.8 Å². The Morgan fingerprint density at radius 3 is 2.62 bits per heavy atom. The first-order chi connectivity index (χ1) is 14.2. The summed E-state index contributed by atoms with van der Waals surface area (Å²) in [6.45, 7) is 2.03. The van der Waals surface area contributed by atoms with Gasteiger partial charge in [-0.2, -0.15) is 0 Å². The monoisotopic (exact) mass is 385 g/mol. The number of nitrogens with zero attached hydrogens (tertiary/aromatic N) is 2. The molecule has 3 heterocycles. The van der Waals surface area contributed by atoms with Crippen LogP contribution in [0.25, 0.3) is 22.6 Å². The fourth-order valence-electron chi connectivity index (χ4n) is 4.35. The van der Waals surface area contributed by atoms with Gasteiger partial charge in [-0.3, -0.25) is 9.59 Å². The lowest BCUT2D eigenvalue weighted by Gasteiger charge is -2.27. The molecular formula is C24H23N3O2. The average molecular weight is 385 g/mol. The van der Waals surface area contributed by atoms with E-state index in [0.717, 1.165) is 53.6 Å². The van der Waals surface area contributed by atoms with Gasteiger partial charge in [0.2, 0.25) is 5.91 Å². The van der Waals surface area contributed by atoms with Crippen LogP contribution in [0.2, 0.25) is 0 Å². The fourth-order valence-corrected chi connectivity index (χ4v) is 4.35. The number of carbonyl (C=O) groups is 2. The molecule has 3 aromatic rings. The SMILES string of the molecule is O=C1Nc2ccccc2/C1=C\c1cn(CC(=O)N2CCCCC2)c2ccccc12. The molecular weight excluding hydrogens is 362 g/mol. The molecule has 0 spiro atoms. The van der Waals surface area contributed by atoms with Crippen molar-refractivity contribution in [2.24, 2.45) is 0 Å². The van der Waals surface area contributed by atoms with Crippen molar-refractivity contribution < 1.29 is 9.59 Å². The van der Waals surface area contributed by atoms with Crippen LogP contribution in [0.15, 0.2) is 54.7 Å². The Morgan fingerprint density at radius 1 is 1.00 bits per heavy atom. The standard InChI is InChI=1S/C24H23N3O2/c28-23(26-12-6-1-7-13-26)16-27-15-17(18-8-3-5-11-22(18)27)14-20-19-9-2-4-10-21(19)25-24(20)29/h2-5,8-11,14-15H,1,6-7,12-13,16H2,(H,25,29)/b20-14+. The van der Waals surface area contributed by atoms with Crippen LogP contribution in [0, 0.1) is 0 Å². The second kappa shape index (κ2) is 7.24. The van der Waals surface area contributed by atoms with E-state index >= 15 is 0 Å². The Bertz CT molecular complexity index is 1140. The highest BCUT2D eigenvalue weighted by molar-refractivity contribution is 6.35. The van der Waals surface area contributed by atoms with Crippen molar-refractivity contribution in [3.05, 3.63) is 65.9 Å². The van der Waals surface area contributed by atoms with Crippen LogP contribution in [-0.4, -0.2) is 34.4 Å². The Hall–Kier alpha value is -3.34. The van der Waals surface area contributed by atoms with E-state index < -0.39 is 0 Å². The van der Waals surface area contributed by atoms with Crippen molar-refractivity contribution >= 4 is 40.1 Å². The highest BCUT2D eigenvalue weighted by Gasteiger charge is 2.24. The molecule has 1 aromatic heterocycles. The second-order valence-electron chi connectivity index (χ2n) is 7.73. The summed E-state index contributed by atoms with van der Waals surface area (Å²) >= 11 is 0. The number of rotatable bonds is 3. The van der Waals surface area contributed by atoms with Gasteiger partial charge in [0.1, 0.15) is 6.54 Å². The van der Waals surface area contributed by atoms with Crippen LogP contribution in [0.1, 0.15) is 30.4 Å². The van der Waals surface area contributed by atoms with Gasteiger partial charge in [-0.15, -0.1) is 0 Å². The van der Waals surface area contributed by atoms with Gasteiger partial charge >= 0.3 is 0 Å². The van der Waals surface area contributed by atoms with Crippen LogP contribution in [0.5, 0.6) is 0 Å². The van der Waals surface area contributed by atoms with Crippen molar-refractivity contribution in [3.8, 4) is 0 Å². The van der Waals surface area contributed by atoms with E-state index in [-0.39, 0.29) is 11.8 Å². The lowest BCUT2D eigenvalue weighted by atomic mass is 10.0. The summed E-state index contributed by atoms with van der Waals surface area (Å²) in [5, 5.41) is 3.97. The fraction of sp³-hybridized carbons (Fsp3) is 0.250. The molecule has 5 heteroatoms. The van der Waals surface area contributed by atoms with Crippen molar-refractivity contribution in [2.75, 3.05) is 18.4 Å². The van der Waals surface area contributed by atoms with E-state index in [2.05, 4.69) is 5.32 Å². The predicted molar refractivity (Wildman–Crippen MR) is 115 cm³/mol. The molecule has 1 fully saturated rings. The Labute approximate surface area is 169 Å². The van der Waals surface area contributed by atoms with Gasteiger partial charge < -0.3 is 14.8 Å². The molecule has 2 aliphatic rings. The normalized spacial score (nSPS) is 17.6. The van der Waals surface area contributed by atoms with E-state index in [1.807, 2.05) is 70.3 Å². The molecule has 5 nitrogen and oxygen atoms in total.